The van der Waals surface area contributed by atoms with E-state index in [1.165, 1.54) is 18.3 Å². The highest BCUT2D eigenvalue weighted by Gasteiger charge is 2.26. The van der Waals surface area contributed by atoms with E-state index >= 15 is 0 Å². The summed E-state index contributed by atoms with van der Waals surface area (Å²) in [6.45, 7) is 1.75. The Hall–Kier alpha value is -2.68. The van der Waals surface area contributed by atoms with Gasteiger partial charge < -0.3 is 5.73 Å². The number of nitrogens with one attached hydrogen (secondary N) is 1. The fourth-order valence-corrected chi connectivity index (χ4v) is 2.84. The molecule has 0 saturated carbocycles. The fourth-order valence-electron chi connectivity index (χ4n) is 1.64. The van der Waals surface area contributed by atoms with E-state index in [1.54, 1.807) is 13.0 Å². The van der Waals surface area contributed by atoms with Crippen LogP contribution in [0.25, 0.3) is 0 Å². The molecule has 0 spiro atoms. The SMILES string of the molecule is Cc1ccc(NS(=O)(=O)c2ccc(N)cc2[N+](=O)[O-])cn1. The maximum atomic E-state index is 12.2. The molecule has 9 heteroatoms. The third-order valence-electron chi connectivity index (χ3n) is 2.63. The third-order valence-corrected chi connectivity index (χ3v) is 4.06. The van der Waals surface area contributed by atoms with E-state index < -0.39 is 25.5 Å². The lowest BCUT2D eigenvalue weighted by Gasteiger charge is -2.08. The van der Waals surface area contributed by atoms with Crippen molar-refractivity contribution in [1.29, 1.82) is 0 Å². The summed E-state index contributed by atoms with van der Waals surface area (Å²) >= 11 is 0. The zero-order valence-electron chi connectivity index (χ0n) is 11.0. The molecule has 0 fully saturated rings. The van der Waals surface area contributed by atoms with Crippen molar-refractivity contribution in [2.75, 3.05) is 10.5 Å². The molecule has 21 heavy (non-hydrogen) atoms. The zero-order valence-corrected chi connectivity index (χ0v) is 11.8. The maximum Gasteiger partial charge on any atom is 0.291 e. The second kappa shape index (κ2) is 5.37. The molecule has 0 amide bonds. The minimum atomic E-state index is -4.11. The summed E-state index contributed by atoms with van der Waals surface area (Å²) < 4.78 is 26.7. The van der Waals surface area contributed by atoms with Crippen molar-refractivity contribution < 1.29 is 13.3 Å². The normalized spacial score (nSPS) is 11.1. The van der Waals surface area contributed by atoms with Crippen LogP contribution in [0.15, 0.2) is 41.4 Å². The van der Waals surface area contributed by atoms with E-state index in [2.05, 4.69) is 9.71 Å². The van der Waals surface area contributed by atoms with E-state index in [-0.39, 0.29) is 11.4 Å². The maximum absolute atomic E-state index is 12.2. The monoisotopic (exact) mass is 308 g/mol. The highest BCUT2D eigenvalue weighted by atomic mass is 32.2. The number of hydrogen-bond donors (Lipinski definition) is 2. The van der Waals surface area contributed by atoms with Gasteiger partial charge in [0.15, 0.2) is 4.90 Å². The molecular formula is C12H12N4O4S. The third kappa shape index (κ3) is 3.26. The smallest absolute Gasteiger partial charge is 0.291 e. The van der Waals surface area contributed by atoms with Crippen molar-refractivity contribution in [3.63, 3.8) is 0 Å². The average molecular weight is 308 g/mol. The molecule has 2 rings (SSSR count). The molecule has 3 N–H and O–H groups in total. The molecule has 0 aliphatic heterocycles. The molecule has 0 bridgehead atoms. The Morgan fingerprint density at radius 3 is 2.57 bits per heavy atom. The number of sulfonamides is 1. The molecule has 1 heterocycles. The summed E-state index contributed by atoms with van der Waals surface area (Å²) in [6, 6.07) is 6.52. The van der Waals surface area contributed by atoms with Crippen LogP contribution in [-0.2, 0) is 10.0 Å². The second-order valence-electron chi connectivity index (χ2n) is 4.28. The molecular weight excluding hydrogens is 296 g/mol. The van der Waals surface area contributed by atoms with Gasteiger partial charge in [-0.05, 0) is 31.2 Å². The van der Waals surface area contributed by atoms with Crippen molar-refractivity contribution in [3.8, 4) is 0 Å². The molecule has 1 aromatic heterocycles. The number of aryl methyl sites for hydroxylation is 1. The number of nitrogens with two attached hydrogens (primary N) is 1. The lowest BCUT2D eigenvalue weighted by atomic mass is 10.3. The Kier molecular flexibility index (Phi) is 3.76. The summed E-state index contributed by atoms with van der Waals surface area (Å²) in [4.78, 5) is 13.7. The van der Waals surface area contributed by atoms with E-state index in [0.29, 0.717) is 0 Å². The van der Waals surface area contributed by atoms with Crippen LogP contribution in [0.5, 0.6) is 0 Å². The minimum absolute atomic E-state index is 0.109. The quantitative estimate of drug-likeness (QED) is 0.502. The summed E-state index contributed by atoms with van der Waals surface area (Å²) in [7, 11) is -4.11. The molecule has 0 aliphatic rings. The highest BCUT2D eigenvalue weighted by molar-refractivity contribution is 7.92. The number of nitrogens with zero attached hydrogens (tertiary/aromatic N) is 2. The predicted octanol–water partition coefficient (Wildman–Crippen LogP) is 1.68. The first-order valence-corrected chi connectivity index (χ1v) is 7.27. The molecule has 0 unspecified atom stereocenters. The van der Waals surface area contributed by atoms with Gasteiger partial charge in [-0.1, -0.05) is 0 Å². The molecule has 2 aromatic rings. The lowest BCUT2D eigenvalue weighted by molar-refractivity contribution is -0.387. The van der Waals surface area contributed by atoms with Gasteiger partial charge in [-0.25, -0.2) is 8.42 Å². The van der Waals surface area contributed by atoms with Crippen LogP contribution >= 0.6 is 0 Å². The van der Waals surface area contributed by atoms with Gasteiger partial charge >= 0.3 is 0 Å². The van der Waals surface area contributed by atoms with E-state index in [9.17, 15) is 18.5 Å². The van der Waals surface area contributed by atoms with Crippen molar-refractivity contribution in [3.05, 3.63) is 52.3 Å². The number of pyridine rings is 1. The van der Waals surface area contributed by atoms with Gasteiger partial charge in [-0.3, -0.25) is 19.8 Å². The van der Waals surface area contributed by atoms with Crippen LogP contribution in [-0.4, -0.2) is 18.3 Å². The van der Waals surface area contributed by atoms with E-state index in [4.69, 9.17) is 5.73 Å². The Morgan fingerprint density at radius 1 is 1.29 bits per heavy atom. The number of aromatic nitrogens is 1. The number of nitro benzene ring substituents is 1. The summed E-state index contributed by atoms with van der Waals surface area (Å²) in [5, 5.41) is 11.0. The summed E-state index contributed by atoms with van der Waals surface area (Å²) in [5.74, 6) is 0. The fraction of sp³-hybridized carbons (Fsp3) is 0.0833. The molecule has 8 nitrogen and oxygen atoms in total. The number of hydrogen-bond acceptors (Lipinski definition) is 6. The van der Waals surface area contributed by atoms with Gasteiger partial charge in [0, 0.05) is 17.4 Å². The standard InChI is InChI=1S/C12H12N4O4S/c1-8-2-4-10(7-14-8)15-21(19,20)12-5-3-9(13)6-11(12)16(17)18/h2-7,15H,13H2,1H3. The first kappa shape index (κ1) is 14.7. The highest BCUT2D eigenvalue weighted by Crippen LogP contribution is 2.27. The van der Waals surface area contributed by atoms with E-state index in [0.717, 1.165) is 17.8 Å². The van der Waals surface area contributed by atoms with Gasteiger partial charge in [0.2, 0.25) is 0 Å². The van der Waals surface area contributed by atoms with Gasteiger partial charge in [0.1, 0.15) is 0 Å². The molecule has 0 radical (unpaired) electrons. The first-order valence-electron chi connectivity index (χ1n) is 5.79. The number of nitro groups is 1. The Morgan fingerprint density at radius 2 is 2.00 bits per heavy atom. The molecule has 0 saturated heterocycles. The van der Waals surface area contributed by atoms with Crippen molar-refractivity contribution >= 4 is 27.1 Å². The Balaban J connectivity index is 2.44. The van der Waals surface area contributed by atoms with Crippen LogP contribution in [0.1, 0.15) is 5.69 Å². The predicted molar refractivity (Wildman–Crippen MR) is 77.3 cm³/mol. The molecule has 110 valence electrons. The van der Waals surface area contributed by atoms with Crippen LogP contribution < -0.4 is 10.5 Å². The Bertz CT molecular complexity index is 787. The summed E-state index contributed by atoms with van der Waals surface area (Å²) in [5.41, 5.74) is 5.91. The van der Waals surface area contributed by atoms with Gasteiger partial charge in [-0.15, -0.1) is 0 Å². The lowest BCUT2D eigenvalue weighted by Crippen LogP contribution is -2.15. The van der Waals surface area contributed by atoms with Crippen molar-refractivity contribution in [2.24, 2.45) is 0 Å². The zero-order chi connectivity index (χ0) is 15.6. The van der Waals surface area contributed by atoms with Crippen LogP contribution in [0, 0.1) is 17.0 Å². The van der Waals surface area contributed by atoms with Crippen molar-refractivity contribution in [2.45, 2.75) is 11.8 Å². The number of benzene rings is 1. The Labute approximate surface area is 120 Å². The largest absolute Gasteiger partial charge is 0.399 e. The topological polar surface area (TPSA) is 128 Å². The van der Waals surface area contributed by atoms with Crippen LogP contribution in [0.4, 0.5) is 17.1 Å². The summed E-state index contributed by atoms with van der Waals surface area (Å²) in [6.07, 6.45) is 1.33. The van der Waals surface area contributed by atoms with Crippen LogP contribution in [0.3, 0.4) is 0 Å². The molecule has 0 aliphatic carbocycles. The molecule has 1 aromatic carbocycles. The van der Waals surface area contributed by atoms with Gasteiger partial charge in [-0.2, -0.15) is 0 Å². The average Bonchev–Trinajstić information content (AvgIpc) is 2.40. The molecule has 0 atom stereocenters. The number of anilines is 2. The van der Waals surface area contributed by atoms with Crippen LogP contribution in [0.2, 0.25) is 0 Å². The number of rotatable bonds is 4. The number of nitrogen functional groups attached to an aromatic ring is 1. The van der Waals surface area contributed by atoms with Gasteiger partial charge in [0.05, 0.1) is 16.8 Å². The minimum Gasteiger partial charge on any atom is -0.399 e. The van der Waals surface area contributed by atoms with Gasteiger partial charge in [0.25, 0.3) is 15.7 Å². The second-order valence-corrected chi connectivity index (χ2v) is 5.93. The van der Waals surface area contributed by atoms with E-state index in [1.807, 2.05) is 0 Å². The van der Waals surface area contributed by atoms with Crippen molar-refractivity contribution in [1.82, 2.24) is 4.98 Å². The first-order chi connectivity index (χ1) is 9.79.